The minimum absolute atomic E-state index is 0.127. The van der Waals surface area contributed by atoms with Crippen LogP contribution in [0.5, 0.6) is 0 Å². The summed E-state index contributed by atoms with van der Waals surface area (Å²) in [6.07, 6.45) is 1.07. The number of hydrogen-bond acceptors (Lipinski definition) is 6. The van der Waals surface area contributed by atoms with Crippen molar-refractivity contribution in [2.24, 2.45) is 0 Å². The van der Waals surface area contributed by atoms with E-state index in [-0.39, 0.29) is 23.1 Å². The van der Waals surface area contributed by atoms with Gasteiger partial charge in [-0.05, 0) is 36.4 Å². The molecule has 0 bridgehead atoms. The number of benzene rings is 1. The highest BCUT2D eigenvalue weighted by Crippen LogP contribution is 2.17. The normalized spacial score (nSPS) is 10.4. The van der Waals surface area contributed by atoms with E-state index in [2.05, 4.69) is 27.5 Å². The average molecular weight is 407 g/mol. The molecule has 27 heavy (non-hydrogen) atoms. The molecule has 0 aliphatic carbocycles. The van der Waals surface area contributed by atoms with Gasteiger partial charge in [0.15, 0.2) is 5.16 Å². The third-order valence-corrected chi connectivity index (χ3v) is 5.27. The molecule has 0 radical (unpaired) electrons. The highest BCUT2D eigenvalue weighted by atomic mass is 32.2. The second-order valence-corrected chi connectivity index (χ2v) is 7.76. The SMILES string of the molecule is CCCSCc1cc(=O)[nH]c(SCC(=O)Nc2ccc(NC(C)=O)cc2)n1. The van der Waals surface area contributed by atoms with Crippen LogP contribution >= 0.6 is 23.5 Å². The summed E-state index contributed by atoms with van der Waals surface area (Å²) in [5.74, 6) is 1.46. The molecular formula is C18H22N4O3S2. The number of amides is 2. The van der Waals surface area contributed by atoms with Crippen molar-refractivity contribution in [2.45, 2.75) is 31.2 Å². The summed E-state index contributed by atoms with van der Waals surface area (Å²) in [5.41, 5.74) is 1.79. The molecule has 144 valence electrons. The molecule has 0 atom stereocenters. The summed E-state index contributed by atoms with van der Waals surface area (Å²) in [5, 5.41) is 5.86. The lowest BCUT2D eigenvalue weighted by Gasteiger charge is -2.07. The van der Waals surface area contributed by atoms with Crippen molar-refractivity contribution in [3.63, 3.8) is 0 Å². The standard InChI is InChI=1S/C18H22N4O3S2/c1-3-8-26-10-15-9-16(24)22-18(21-15)27-11-17(25)20-14-6-4-13(5-7-14)19-12(2)23/h4-7,9H,3,8,10-11H2,1-2H3,(H,19,23)(H,20,25)(H,21,22,24). The van der Waals surface area contributed by atoms with Crippen LogP contribution in [0.3, 0.4) is 0 Å². The van der Waals surface area contributed by atoms with Gasteiger partial charge in [-0.25, -0.2) is 4.98 Å². The first kappa shape index (κ1) is 21.0. The quantitative estimate of drug-likeness (QED) is 0.336. The molecule has 0 saturated heterocycles. The fourth-order valence-corrected chi connectivity index (χ4v) is 3.60. The van der Waals surface area contributed by atoms with Crippen LogP contribution in [0.15, 0.2) is 40.3 Å². The number of anilines is 2. The van der Waals surface area contributed by atoms with Crippen molar-refractivity contribution in [1.82, 2.24) is 9.97 Å². The molecule has 1 aromatic carbocycles. The van der Waals surface area contributed by atoms with E-state index in [1.54, 1.807) is 36.0 Å². The van der Waals surface area contributed by atoms with Crippen molar-refractivity contribution in [2.75, 3.05) is 22.1 Å². The Hall–Kier alpha value is -2.26. The van der Waals surface area contributed by atoms with E-state index in [1.165, 1.54) is 24.8 Å². The highest BCUT2D eigenvalue weighted by Gasteiger charge is 2.07. The average Bonchev–Trinajstić information content (AvgIpc) is 2.61. The van der Waals surface area contributed by atoms with Gasteiger partial charge in [0.25, 0.3) is 5.56 Å². The van der Waals surface area contributed by atoms with Gasteiger partial charge in [0.1, 0.15) is 0 Å². The number of hydrogen-bond donors (Lipinski definition) is 3. The molecule has 2 aromatic rings. The van der Waals surface area contributed by atoms with Crippen LogP contribution in [0.1, 0.15) is 26.0 Å². The van der Waals surface area contributed by atoms with Crippen LogP contribution in [0.4, 0.5) is 11.4 Å². The minimum Gasteiger partial charge on any atom is -0.326 e. The predicted octanol–water partition coefficient (Wildman–Crippen LogP) is 3.10. The van der Waals surface area contributed by atoms with E-state index >= 15 is 0 Å². The third kappa shape index (κ3) is 7.88. The summed E-state index contributed by atoms with van der Waals surface area (Å²) < 4.78 is 0. The lowest BCUT2D eigenvalue weighted by atomic mass is 10.3. The van der Waals surface area contributed by atoms with Crippen LogP contribution in [0, 0.1) is 0 Å². The van der Waals surface area contributed by atoms with Gasteiger partial charge in [0, 0.05) is 30.1 Å². The topological polar surface area (TPSA) is 104 Å². The molecule has 2 amide bonds. The summed E-state index contributed by atoms with van der Waals surface area (Å²) in [6.45, 7) is 3.54. The second kappa shape index (κ2) is 10.8. The van der Waals surface area contributed by atoms with E-state index in [1.807, 2.05) is 0 Å². The molecule has 0 saturated carbocycles. The fraction of sp³-hybridized carbons (Fsp3) is 0.333. The van der Waals surface area contributed by atoms with Crippen molar-refractivity contribution in [1.29, 1.82) is 0 Å². The summed E-state index contributed by atoms with van der Waals surface area (Å²) in [6, 6.07) is 8.32. The molecule has 0 aliphatic heterocycles. The number of rotatable bonds is 9. The first-order valence-corrected chi connectivity index (χ1v) is 10.6. The van der Waals surface area contributed by atoms with E-state index < -0.39 is 0 Å². The van der Waals surface area contributed by atoms with E-state index in [4.69, 9.17) is 0 Å². The Balaban J connectivity index is 1.87. The molecule has 1 heterocycles. The largest absolute Gasteiger partial charge is 0.326 e. The maximum absolute atomic E-state index is 12.1. The number of nitrogens with one attached hydrogen (secondary N) is 3. The lowest BCUT2D eigenvalue weighted by molar-refractivity contribution is -0.114. The number of thioether (sulfide) groups is 2. The Morgan fingerprint density at radius 1 is 1.15 bits per heavy atom. The number of carbonyl (C=O) groups is 2. The Morgan fingerprint density at radius 3 is 2.44 bits per heavy atom. The maximum atomic E-state index is 12.1. The number of aromatic nitrogens is 2. The number of nitrogens with zero attached hydrogens (tertiary/aromatic N) is 1. The van der Waals surface area contributed by atoms with Crippen molar-refractivity contribution < 1.29 is 9.59 Å². The number of aromatic amines is 1. The van der Waals surface area contributed by atoms with E-state index in [0.29, 0.717) is 28.0 Å². The molecule has 0 aliphatic rings. The Labute approximate surface area is 166 Å². The zero-order chi connectivity index (χ0) is 19.6. The lowest BCUT2D eigenvalue weighted by Crippen LogP contribution is -2.16. The smallest absolute Gasteiger partial charge is 0.251 e. The third-order valence-electron chi connectivity index (χ3n) is 3.20. The van der Waals surface area contributed by atoms with Crippen LogP contribution < -0.4 is 16.2 Å². The first-order chi connectivity index (χ1) is 13.0. The Kier molecular flexibility index (Phi) is 8.41. The van der Waals surface area contributed by atoms with Crippen molar-refractivity contribution >= 4 is 46.7 Å². The first-order valence-electron chi connectivity index (χ1n) is 8.44. The molecule has 0 spiro atoms. The maximum Gasteiger partial charge on any atom is 0.251 e. The fourth-order valence-electron chi connectivity index (χ4n) is 2.12. The molecular weight excluding hydrogens is 384 g/mol. The van der Waals surface area contributed by atoms with Crippen molar-refractivity contribution in [3.05, 3.63) is 46.4 Å². The van der Waals surface area contributed by atoms with Crippen molar-refractivity contribution in [3.8, 4) is 0 Å². The molecule has 9 heteroatoms. The number of carbonyl (C=O) groups excluding carboxylic acids is 2. The summed E-state index contributed by atoms with van der Waals surface area (Å²) >= 11 is 2.91. The minimum atomic E-state index is -0.214. The molecule has 2 rings (SSSR count). The predicted molar refractivity (Wildman–Crippen MR) is 111 cm³/mol. The Morgan fingerprint density at radius 2 is 1.81 bits per heavy atom. The molecule has 7 nitrogen and oxygen atoms in total. The molecule has 0 unspecified atom stereocenters. The van der Waals surface area contributed by atoms with Gasteiger partial charge < -0.3 is 15.6 Å². The second-order valence-electron chi connectivity index (χ2n) is 5.69. The zero-order valence-corrected chi connectivity index (χ0v) is 16.8. The van der Waals surface area contributed by atoms with Gasteiger partial charge in [-0.3, -0.25) is 14.4 Å². The zero-order valence-electron chi connectivity index (χ0n) is 15.2. The highest BCUT2D eigenvalue weighted by molar-refractivity contribution is 7.99. The monoisotopic (exact) mass is 406 g/mol. The summed E-state index contributed by atoms with van der Waals surface area (Å²) in [4.78, 5) is 41.9. The van der Waals surface area contributed by atoms with Gasteiger partial charge >= 0.3 is 0 Å². The van der Waals surface area contributed by atoms with Gasteiger partial charge in [-0.2, -0.15) is 11.8 Å². The van der Waals surface area contributed by atoms with E-state index in [0.717, 1.165) is 12.2 Å². The van der Waals surface area contributed by atoms with Crippen LogP contribution in [0.2, 0.25) is 0 Å². The number of H-pyrrole nitrogens is 1. The summed E-state index contributed by atoms with van der Waals surface area (Å²) in [7, 11) is 0. The molecule has 1 aromatic heterocycles. The van der Waals surface area contributed by atoms with Crippen LogP contribution in [0.25, 0.3) is 0 Å². The molecule has 0 fully saturated rings. The van der Waals surface area contributed by atoms with Gasteiger partial charge in [-0.15, -0.1) is 0 Å². The van der Waals surface area contributed by atoms with E-state index in [9.17, 15) is 14.4 Å². The van der Waals surface area contributed by atoms with Gasteiger partial charge in [-0.1, -0.05) is 18.7 Å². The van der Waals surface area contributed by atoms with Crippen LogP contribution in [-0.4, -0.2) is 33.3 Å². The van der Waals surface area contributed by atoms with Gasteiger partial charge in [0.05, 0.1) is 11.4 Å². The van der Waals surface area contributed by atoms with Crippen LogP contribution in [-0.2, 0) is 15.3 Å². The molecule has 3 N–H and O–H groups in total. The van der Waals surface area contributed by atoms with Gasteiger partial charge in [0.2, 0.25) is 11.8 Å². The Bertz CT molecular complexity index is 837.